The molecular formula is C22H29ClIN5O2. The highest BCUT2D eigenvalue weighted by molar-refractivity contribution is 14.0. The Morgan fingerprint density at radius 3 is 2.77 bits per heavy atom. The highest BCUT2D eigenvalue weighted by Gasteiger charge is 2.23. The van der Waals surface area contributed by atoms with Gasteiger partial charge in [0.2, 0.25) is 5.91 Å². The van der Waals surface area contributed by atoms with Crippen LogP contribution < -0.4 is 25.6 Å². The second-order valence-corrected chi connectivity index (χ2v) is 7.63. The molecule has 0 aromatic heterocycles. The van der Waals surface area contributed by atoms with Gasteiger partial charge in [-0.25, -0.2) is 0 Å². The summed E-state index contributed by atoms with van der Waals surface area (Å²) in [6.07, 6.45) is 1.02. The van der Waals surface area contributed by atoms with Gasteiger partial charge in [0.05, 0.1) is 12.8 Å². The number of amides is 1. The van der Waals surface area contributed by atoms with Crippen molar-refractivity contribution in [3.05, 3.63) is 53.1 Å². The van der Waals surface area contributed by atoms with Crippen molar-refractivity contribution >= 4 is 58.8 Å². The van der Waals surface area contributed by atoms with Gasteiger partial charge in [0, 0.05) is 50.4 Å². The lowest BCUT2D eigenvalue weighted by Gasteiger charge is -2.20. The first-order chi connectivity index (χ1) is 14.5. The fourth-order valence-corrected chi connectivity index (χ4v) is 3.70. The topological polar surface area (TPSA) is 78.0 Å². The number of hydrogen-bond donors (Lipinski definition) is 3. The van der Waals surface area contributed by atoms with E-state index in [4.69, 9.17) is 16.3 Å². The predicted molar refractivity (Wildman–Crippen MR) is 138 cm³/mol. The van der Waals surface area contributed by atoms with Crippen molar-refractivity contribution in [1.82, 2.24) is 10.6 Å². The van der Waals surface area contributed by atoms with E-state index in [1.165, 1.54) is 6.92 Å². The van der Waals surface area contributed by atoms with Gasteiger partial charge in [-0.15, -0.1) is 24.0 Å². The van der Waals surface area contributed by atoms with Crippen LogP contribution >= 0.6 is 35.6 Å². The molecule has 3 rings (SSSR count). The molecule has 1 saturated heterocycles. The number of ether oxygens (including phenoxy) is 1. The lowest BCUT2D eigenvalue weighted by molar-refractivity contribution is -0.114. The van der Waals surface area contributed by atoms with Gasteiger partial charge < -0.3 is 25.6 Å². The van der Waals surface area contributed by atoms with Gasteiger partial charge in [0.15, 0.2) is 5.96 Å². The van der Waals surface area contributed by atoms with Crippen molar-refractivity contribution in [2.75, 3.05) is 37.5 Å². The zero-order valence-electron chi connectivity index (χ0n) is 17.9. The summed E-state index contributed by atoms with van der Waals surface area (Å²) in [6.45, 7) is 3.90. The van der Waals surface area contributed by atoms with E-state index in [1.807, 2.05) is 36.4 Å². The first-order valence-corrected chi connectivity index (χ1v) is 10.3. The third-order valence-corrected chi connectivity index (χ3v) is 5.20. The quantitative estimate of drug-likeness (QED) is 0.286. The number of nitrogens with zero attached hydrogens (tertiary/aromatic N) is 2. The molecule has 2 aromatic carbocycles. The number of halogens is 2. The second kappa shape index (κ2) is 12.0. The Bertz CT molecular complexity index is 925. The molecule has 1 amide bonds. The number of rotatable bonds is 6. The number of benzene rings is 2. The second-order valence-electron chi connectivity index (χ2n) is 7.20. The van der Waals surface area contributed by atoms with Crippen LogP contribution in [0.5, 0.6) is 5.75 Å². The standard InChI is InChI=1S/C22H28ClN5O2.HI/c1-15(29)26-20-11-16(7-8-21(20)30-3)13-25-22(24-2)27-18-9-10-28(14-18)19-6-4-5-17(23)12-19;/h4-8,11-12,18H,9-10,13-14H2,1-3H3,(H,26,29)(H2,24,25,27);1H. The number of nitrogens with one attached hydrogen (secondary N) is 3. The van der Waals surface area contributed by atoms with Gasteiger partial charge in [-0.2, -0.15) is 0 Å². The average Bonchev–Trinajstić information content (AvgIpc) is 3.19. The summed E-state index contributed by atoms with van der Waals surface area (Å²) in [6, 6.07) is 13.9. The van der Waals surface area contributed by atoms with Crippen molar-refractivity contribution in [2.24, 2.45) is 4.99 Å². The molecule has 1 heterocycles. The first-order valence-electron chi connectivity index (χ1n) is 9.90. The van der Waals surface area contributed by atoms with Crippen LogP contribution in [-0.4, -0.2) is 45.2 Å². The summed E-state index contributed by atoms with van der Waals surface area (Å²) in [7, 11) is 3.34. The van der Waals surface area contributed by atoms with E-state index in [0.29, 0.717) is 24.0 Å². The van der Waals surface area contributed by atoms with Crippen LogP contribution in [0.15, 0.2) is 47.5 Å². The zero-order valence-corrected chi connectivity index (χ0v) is 21.0. The van der Waals surface area contributed by atoms with Gasteiger partial charge in [0.25, 0.3) is 0 Å². The van der Waals surface area contributed by atoms with E-state index < -0.39 is 0 Å². The Kier molecular flexibility index (Phi) is 9.70. The Morgan fingerprint density at radius 1 is 1.29 bits per heavy atom. The van der Waals surface area contributed by atoms with E-state index in [-0.39, 0.29) is 29.9 Å². The maximum Gasteiger partial charge on any atom is 0.221 e. The largest absolute Gasteiger partial charge is 0.495 e. The Hall–Kier alpha value is -2.20. The van der Waals surface area contributed by atoms with Crippen LogP contribution in [0.1, 0.15) is 18.9 Å². The van der Waals surface area contributed by atoms with Crippen LogP contribution in [0.4, 0.5) is 11.4 Å². The molecule has 0 bridgehead atoms. The van der Waals surface area contributed by atoms with Crippen molar-refractivity contribution in [1.29, 1.82) is 0 Å². The molecule has 0 saturated carbocycles. The molecule has 1 fully saturated rings. The molecule has 168 valence electrons. The lowest BCUT2D eigenvalue weighted by atomic mass is 10.2. The van der Waals surface area contributed by atoms with E-state index in [2.05, 4.69) is 31.9 Å². The smallest absolute Gasteiger partial charge is 0.221 e. The summed E-state index contributed by atoms with van der Waals surface area (Å²) >= 11 is 6.12. The lowest BCUT2D eigenvalue weighted by Crippen LogP contribution is -2.44. The van der Waals surface area contributed by atoms with Gasteiger partial charge in [-0.1, -0.05) is 23.7 Å². The van der Waals surface area contributed by atoms with Gasteiger partial charge >= 0.3 is 0 Å². The number of hydrogen-bond acceptors (Lipinski definition) is 4. The third-order valence-electron chi connectivity index (χ3n) is 4.96. The SMILES string of the molecule is CN=C(NCc1ccc(OC)c(NC(C)=O)c1)NC1CCN(c2cccc(Cl)c2)C1.I. The predicted octanol–water partition coefficient (Wildman–Crippen LogP) is 3.87. The van der Waals surface area contributed by atoms with Crippen LogP contribution in [0.25, 0.3) is 0 Å². The fraction of sp³-hybridized carbons (Fsp3) is 0.364. The number of guanidine groups is 1. The molecular weight excluding hydrogens is 529 g/mol. The fourth-order valence-electron chi connectivity index (χ4n) is 3.51. The Balaban J connectivity index is 0.00000341. The molecule has 1 aliphatic rings. The van der Waals surface area contributed by atoms with Gasteiger partial charge in [0.1, 0.15) is 5.75 Å². The summed E-state index contributed by atoms with van der Waals surface area (Å²) in [5.41, 5.74) is 2.80. The van der Waals surface area contributed by atoms with Crippen molar-refractivity contribution < 1.29 is 9.53 Å². The number of anilines is 2. The maximum atomic E-state index is 11.4. The molecule has 0 radical (unpaired) electrons. The van der Waals surface area contributed by atoms with Crippen molar-refractivity contribution in [3.8, 4) is 5.75 Å². The summed E-state index contributed by atoms with van der Waals surface area (Å²) < 4.78 is 5.31. The van der Waals surface area contributed by atoms with E-state index in [1.54, 1.807) is 14.2 Å². The minimum Gasteiger partial charge on any atom is -0.495 e. The molecule has 31 heavy (non-hydrogen) atoms. The monoisotopic (exact) mass is 557 g/mol. The summed E-state index contributed by atoms with van der Waals surface area (Å²) in [5, 5.41) is 10.4. The minimum absolute atomic E-state index is 0. The van der Waals surface area contributed by atoms with Crippen LogP contribution in [0.3, 0.4) is 0 Å². The Labute approximate surface area is 205 Å². The highest BCUT2D eigenvalue weighted by Crippen LogP contribution is 2.26. The first kappa shape index (κ1) is 25.1. The molecule has 9 heteroatoms. The molecule has 0 spiro atoms. The van der Waals surface area contributed by atoms with Crippen LogP contribution in [-0.2, 0) is 11.3 Å². The number of carbonyl (C=O) groups excluding carboxylic acids is 1. The van der Waals surface area contributed by atoms with Crippen LogP contribution in [0, 0.1) is 0 Å². The summed E-state index contributed by atoms with van der Waals surface area (Å²) in [4.78, 5) is 18.1. The van der Waals surface area contributed by atoms with Crippen LogP contribution in [0.2, 0.25) is 5.02 Å². The van der Waals surface area contributed by atoms with E-state index in [0.717, 1.165) is 41.7 Å². The molecule has 1 atom stereocenters. The zero-order chi connectivity index (χ0) is 21.5. The molecule has 2 aromatic rings. The van der Waals surface area contributed by atoms with E-state index in [9.17, 15) is 4.79 Å². The van der Waals surface area contributed by atoms with E-state index >= 15 is 0 Å². The molecule has 3 N–H and O–H groups in total. The van der Waals surface area contributed by atoms with Crippen molar-refractivity contribution in [2.45, 2.75) is 25.9 Å². The number of carbonyl (C=O) groups is 1. The minimum atomic E-state index is -0.138. The molecule has 1 aliphatic heterocycles. The van der Waals surface area contributed by atoms with Gasteiger partial charge in [-0.3, -0.25) is 9.79 Å². The maximum absolute atomic E-state index is 11.4. The number of aliphatic imine (C=N–C) groups is 1. The third kappa shape index (κ3) is 7.17. The highest BCUT2D eigenvalue weighted by atomic mass is 127. The summed E-state index contributed by atoms with van der Waals surface area (Å²) in [5.74, 6) is 1.23. The molecule has 7 nitrogen and oxygen atoms in total. The molecule has 0 aliphatic carbocycles. The number of methoxy groups -OCH3 is 1. The average molecular weight is 558 g/mol. The normalized spacial score (nSPS) is 15.8. The van der Waals surface area contributed by atoms with Crippen molar-refractivity contribution in [3.63, 3.8) is 0 Å². The van der Waals surface area contributed by atoms with Gasteiger partial charge in [-0.05, 0) is 42.3 Å². The molecule has 1 unspecified atom stereocenters. The Morgan fingerprint density at radius 2 is 2.10 bits per heavy atom.